The van der Waals surface area contributed by atoms with Crippen LogP contribution in [0.3, 0.4) is 0 Å². The number of nitrogens with zero attached hydrogens (tertiary/aromatic N) is 4. The fourth-order valence-corrected chi connectivity index (χ4v) is 4.26. The lowest BCUT2D eigenvalue weighted by Crippen LogP contribution is -2.54. The fraction of sp³-hybridized carbons (Fsp3) is 0.286. The molecule has 0 saturated carbocycles. The largest absolute Gasteiger partial charge is 0.343 e. The molecule has 7 heteroatoms. The standard InChI is InChI=1S/C21H21ClN4OS/c1-15-14-25(11-12-26(15)20(27)17-7-9-18(22)10-8-17)21-23-19(24-28-21)13-16-5-3-2-4-6-16/h2-10,15H,11-14H2,1H3/t15-/m1/s1. The number of benzene rings is 2. The van der Waals surface area contributed by atoms with Crippen molar-refractivity contribution in [2.45, 2.75) is 19.4 Å². The number of hydrogen-bond donors (Lipinski definition) is 0. The van der Waals surface area contributed by atoms with Crippen molar-refractivity contribution in [1.82, 2.24) is 14.3 Å². The summed E-state index contributed by atoms with van der Waals surface area (Å²) in [5, 5.41) is 1.56. The molecule has 1 saturated heterocycles. The second-order valence-corrected chi connectivity index (χ2v) is 8.12. The van der Waals surface area contributed by atoms with Crippen LogP contribution >= 0.6 is 23.1 Å². The van der Waals surface area contributed by atoms with Crippen LogP contribution in [0.25, 0.3) is 0 Å². The summed E-state index contributed by atoms with van der Waals surface area (Å²) in [4.78, 5) is 21.7. The second kappa shape index (κ2) is 8.29. The number of amides is 1. The van der Waals surface area contributed by atoms with Crippen LogP contribution in [0.2, 0.25) is 5.02 Å². The molecule has 1 aliphatic heterocycles. The molecule has 1 fully saturated rings. The minimum absolute atomic E-state index is 0.0471. The zero-order chi connectivity index (χ0) is 19.5. The molecule has 0 N–H and O–H groups in total. The summed E-state index contributed by atoms with van der Waals surface area (Å²) in [6.45, 7) is 4.24. The van der Waals surface area contributed by atoms with E-state index >= 15 is 0 Å². The molecule has 0 unspecified atom stereocenters. The van der Waals surface area contributed by atoms with E-state index in [2.05, 4.69) is 28.3 Å². The average molecular weight is 413 g/mol. The maximum absolute atomic E-state index is 12.8. The molecule has 5 nitrogen and oxygen atoms in total. The van der Waals surface area contributed by atoms with Crippen molar-refractivity contribution in [1.29, 1.82) is 0 Å². The molecule has 144 valence electrons. The van der Waals surface area contributed by atoms with Crippen molar-refractivity contribution in [3.8, 4) is 0 Å². The molecule has 0 radical (unpaired) electrons. The van der Waals surface area contributed by atoms with Gasteiger partial charge in [-0.25, -0.2) is 4.98 Å². The zero-order valence-corrected chi connectivity index (χ0v) is 17.2. The fourth-order valence-electron chi connectivity index (χ4n) is 3.41. The van der Waals surface area contributed by atoms with E-state index in [0.717, 1.165) is 30.5 Å². The Morgan fingerprint density at radius 3 is 2.61 bits per heavy atom. The number of aromatic nitrogens is 2. The number of halogens is 1. The Hall–Kier alpha value is -2.44. The molecule has 0 spiro atoms. The monoisotopic (exact) mass is 412 g/mol. The predicted molar refractivity (Wildman–Crippen MR) is 113 cm³/mol. The predicted octanol–water partition coefficient (Wildman–Crippen LogP) is 4.13. The van der Waals surface area contributed by atoms with Crippen LogP contribution in [0.5, 0.6) is 0 Å². The van der Waals surface area contributed by atoms with Gasteiger partial charge in [0.15, 0.2) is 0 Å². The van der Waals surface area contributed by atoms with Crippen LogP contribution in [-0.2, 0) is 6.42 Å². The van der Waals surface area contributed by atoms with Gasteiger partial charge in [-0.05, 0) is 36.8 Å². The molecule has 2 aromatic carbocycles. The van der Waals surface area contributed by atoms with Crippen molar-refractivity contribution in [3.05, 3.63) is 76.6 Å². The van der Waals surface area contributed by atoms with Gasteiger partial charge >= 0.3 is 0 Å². The molecule has 0 aliphatic carbocycles. The third kappa shape index (κ3) is 4.18. The average Bonchev–Trinajstić information content (AvgIpc) is 3.17. The second-order valence-electron chi connectivity index (χ2n) is 6.96. The first kappa shape index (κ1) is 18.9. The van der Waals surface area contributed by atoms with Crippen LogP contribution in [0, 0.1) is 0 Å². The van der Waals surface area contributed by atoms with Crippen molar-refractivity contribution >= 4 is 34.2 Å². The van der Waals surface area contributed by atoms with Gasteiger partial charge in [0.05, 0.1) is 0 Å². The third-order valence-electron chi connectivity index (χ3n) is 4.91. The Kier molecular flexibility index (Phi) is 5.59. The van der Waals surface area contributed by atoms with Crippen molar-refractivity contribution in [2.75, 3.05) is 24.5 Å². The number of rotatable bonds is 4. The van der Waals surface area contributed by atoms with Gasteiger partial charge in [-0.2, -0.15) is 4.37 Å². The summed E-state index contributed by atoms with van der Waals surface area (Å²) in [5.74, 6) is 0.893. The summed E-state index contributed by atoms with van der Waals surface area (Å²) in [6, 6.07) is 17.4. The highest BCUT2D eigenvalue weighted by molar-refractivity contribution is 7.09. The maximum Gasteiger partial charge on any atom is 0.254 e. The van der Waals surface area contributed by atoms with Crippen LogP contribution in [-0.4, -0.2) is 45.8 Å². The van der Waals surface area contributed by atoms with Gasteiger partial charge < -0.3 is 9.80 Å². The summed E-state index contributed by atoms with van der Waals surface area (Å²) in [5.41, 5.74) is 1.88. The van der Waals surface area contributed by atoms with E-state index in [1.807, 2.05) is 23.1 Å². The van der Waals surface area contributed by atoms with E-state index in [1.165, 1.54) is 17.1 Å². The van der Waals surface area contributed by atoms with E-state index in [1.54, 1.807) is 24.3 Å². The molecule has 1 aromatic heterocycles. The van der Waals surface area contributed by atoms with Gasteiger partial charge in [0, 0.05) is 54.2 Å². The summed E-state index contributed by atoms with van der Waals surface area (Å²) >= 11 is 7.36. The van der Waals surface area contributed by atoms with Crippen molar-refractivity contribution in [3.63, 3.8) is 0 Å². The number of anilines is 1. The lowest BCUT2D eigenvalue weighted by Gasteiger charge is -2.39. The lowest BCUT2D eigenvalue weighted by molar-refractivity contribution is 0.0674. The topological polar surface area (TPSA) is 49.3 Å². The summed E-state index contributed by atoms with van der Waals surface area (Å²) in [7, 11) is 0. The van der Waals surface area contributed by atoms with Gasteiger partial charge in [-0.1, -0.05) is 41.9 Å². The minimum atomic E-state index is 0.0471. The number of carbonyl (C=O) groups is 1. The Bertz CT molecular complexity index is 945. The Morgan fingerprint density at radius 2 is 1.89 bits per heavy atom. The first-order chi connectivity index (χ1) is 13.6. The Morgan fingerprint density at radius 1 is 1.14 bits per heavy atom. The first-order valence-electron chi connectivity index (χ1n) is 9.28. The highest BCUT2D eigenvalue weighted by Crippen LogP contribution is 2.23. The van der Waals surface area contributed by atoms with E-state index in [0.29, 0.717) is 17.1 Å². The van der Waals surface area contributed by atoms with Gasteiger partial charge in [0.2, 0.25) is 5.13 Å². The molecule has 2 heterocycles. The molecule has 4 rings (SSSR count). The van der Waals surface area contributed by atoms with Crippen LogP contribution < -0.4 is 4.90 Å². The Balaban J connectivity index is 1.40. The number of hydrogen-bond acceptors (Lipinski definition) is 5. The van der Waals surface area contributed by atoms with Crippen molar-refractivity contribution < 1.29 is 4.79 Å². The summed E-state index contributed by atoms with van der Waals surface area (Å²) in [6.07, 6.45) is 0.738. The van der Waals surface area contributed by atoms with Gasteiger partial charge in [0.25, 0.3) is 5.91 Å². The molecule has 0 bridgehead atoms. The highest BCUT2D eigenvalue weighted by atomic mass is 35.5. The summed E-state index contributed by atoms with van der Waals surface area (Å²) < 4.78 is 4.52. The van der Waals surface area contributed by atoms with Crippen LogP contribution in [0.4, 0.5) is 5.13 Å². The zero-order valence-electron chi connectivity index (χ0n) is 15.6. The molecule has 1 aliphatic rings. The van der Waals surface area contributed by atoms with Crippen LogP contribution in [0.15, 0.2) is 54.6 Å². The molecule has 3 aromatic rings. The minimum Gasteiger partial charge on any atom is -0.343 e. The van der Waals surface area contributed by atoms with Crippen molar-refractivity contribution in [2.24, 2.45) is 0 Å². The maximum atomic E-state index is 12.8. The molecule has 1 atom stereocenters. The molecule has 28 heavy (non-hydrogen) atoms. The highest BCUT2D eigenvalue weighted by Gasteiger charge is 2.29. The SMILES string of the molecule is C[C@@H]1CN(c2nc(Cc3ccccc3)ns2)CCN1C(=O)c1ccc(Cl)cc1. The van der Waals surface area contributed by atoms with Gasteiger partial charge in [-0.15, -0.1) is 0 Å². The van der Waals surface area contributed by atoms with E-state index < -0.39 is 0 Å². The lowest BCUT2D eigenvalue weighted by atomic mass is 10.1. The Labute approximate surface area is 173 Å². The quantitative estimate of drug-likeness (QED) is 0.646. The smallest absolute Gasteiger partial charge is 0.254 e. The van der Waals surface area contributed by atoms with E-state index in [4.69, 9.17) is 16.6 Å². The van der Waals surface area contributed by atoms with Gasteiger partial charge in [-0.3, -0.25) is 4.79 Å². The van der Waals surface area contributed by atoms with E-state index in [-0.39, 0.29) is 11.9 Å². The van der Waals surface area contributed by atoms with Gasteiger partial charge in [0.1, 0.15) is 5.82 Å². The normalized spacial score (nSPS) is 17.0. The number of carbonyl (C=O) groups excluding carboxylic acids is 1. The molecule has 1 amide bonds. The number of piperazine rings is 1. The molecular weight excluding hydrogens is 392 g/mol. The first-order valence-corrected chi connectivity index (χ1v) is 10.4. The molecular formula is C21H21ClN4OS. The third-order valence-corrected chi connectivity index (χ3v) is 5.98. The van der Waals surface area contributed by atoms with Crippen LogP contribution in [0.1, 0.15) is 28.7 Å². The van der Waals surface area contributed by atoms with E-state index in [9.17, 15) is 4.79 Å².